The van der Waals surface area contributed by atoms with Gasteiger partial charge in [-0.25, -0.2) is 4.39 Å². The molecule has 1 aromatic carbocycles. The molecule has 1 unspecified atom stereocenters. The molecule has 0 aliphatic rings. The number of aromatic nitrogens is 2. The molecule has 0 saturated carbocycles. The van der Waals surface area contributed by atoms with Crippen LogP contribution in [0.5, 0.6) is 0 Å². The minimum atomic E-state index is -0.577. The molecule has 0 radical (unpaired) electrons. The largest absolute Gasteiger partial charge is 0.369 e. The van der Waals surface area contributed by atoms with E-state index in [1.54, 1.807) is 23.0 Å². The molecule has 0 aliphatic carbocycles. The number of amides is 2. The maximum absolute atomic E-state index is 13.0. The van der Waals surface area contributed by atoms with E-state index in [4.69, 9.17) is 5.73 Å². The molecular weight excluding hydrogens is 323 g/mol. The van der Waals surface area contributed by atoms with Crippen LogP contribution in [0.4, 0.5) is 4.39 Å². The number of carbonyl (C=O) groups excluding carboxylic acids is 2. The van der Waals surface area contributed by atoms with Crippen molar-refractivity contribution in [3.05, 3.63) is 53.6 Å². The lowest BCUT2D eigenvalue weighted by Gasteiger charge is -2.18. The van der Waals surface area contributed by atoms with E-state index in [1.807, 2.05) is 20.8 Å². The number of hydrogen-bond acceptors (Lipinski definition) is 3. The van der Waals surface area contributed by atoms with Crippen LogP contribution in [-0.4, -0.2) is 28.1 Å². The number of nitrogens with two attached hydrogens (primary N) is 1. The van der Waals surface area contributed by atoms with Crippen LogP contribution in [-0.2, 0) is 16.8 Å². The second kappa shape index (κ2) is 7.46. The van der Waals surface area contributed by atoms with E-state index < -0.39 is 11.8 Å². The Bertz CT molecular complexity index is 747. The number of rotatable bonds is 6. The van der Waals surface area contributed by atoms with Gasteiger partial charge >= 0.3 is 0 Å². The third kappa shape index (κ3) is 5.14. The van der Waals surface area contributed by atoms with Crippen LogP contribution in [0.15, 0.2) is 36.7 Å². The van der Waals surface area contributed by atoms with Crippen molar-refractivity contribution < 1.29 is 14.0 Å². The lowest BCUT2D eigenvalue weighted by atomic mass is 9.98. The Balaban J connectivity index is 1.98. The number of nitrogens with one attached hydrogen (secondary N) is 1. The molecule has 0 saturated heterocycles. The summed E-state index contributed by atoms with van der Waals surface area (Å²) in [6.07, 6.45) is 3.48. The predicted octanol–water partition coefficient (Wildman–Crippen LogP) is 1.85. The molecular formula is C18H23FN4O2. The summed E-state index contributed by atoms with van der Waals surface area (Å²) in [4.78, 5) is 23.9. The predicted molar refractivity (Wildman–Crippen MR) is 92.3 cm³/mol. The van der Waals surface area contributed by atoms with Gasteiger partial charge in [-0.2, -0.15) is 5.10 Å². The Morgan fingerprint density at radius 2 is 1.92 bits per heavy atom. The standard InChI is InChI=1S/C18H23FN4O2/c1-18(2,3)23-11-14(10-22-23)17(25)21-9-13(16(20)24)8-12-4-6-15(19)7-5-12/h4-7,10-11,13H,8-9H2,1-3H3,(H2,20,24)(H,21,25). The van der Waals surface area contributed by atoms with Gasteiger partial charge < -0.3 is 11.1 Å². The quantitative estimate of drug-likeness (QED) is 0.836. The Labute approximate surface area is 146 Å². The molecule has 2 aromatic rings. The summed E-state index contributed by atoms with van der Waals surface area (Å²) in [5.41, 5.74) is 6.39. The van der Waals surface area contributed by atoms with Crippen molar-refractivity contribution >= 4 is 11.8 Å². The molecule has 2 rings (SSSR count). The van der Waals surface area contributed by atoms with Crippen LogP contribution in [0.3, 0.4) is 0 Å². The smallest absolute Gasteiger partial charge is 0.254 e. The Morgan fingerprint density at radius 3 is 2.44 bits per heavy atom. The van der Waals surface area contributed by atoms with Gasteiger partial charge in [0, 0.05) is 12.7 Å². The molecule has 134 valence electrons. The zero-order valence-corrected chi connectivity index (χ0v) is 14.6. The molecule has 25 heavy (non-hydrogen) atoms. The first-order chi connectivity index (χ1) is 11.7. The molecule has 1 aromatic heterocycles. The van der Waals surface area contributed by atoms with E-state index in [0.717, 1.165) is 5.56 Å². The van der Waals surface area contributed by atoms with Crippen LogP contribution in [0, 0.1) is 11.7 Å². The van der Waals surface area contributed by atoms with Crippen molar-refractivity contribution in [2.24, 2.45) is 11.7 Å². The second-order valence-corrected chi connectivity index (χ2v) is 6.98. The van der Waals surface area contributed by atoms with Crippen LogP contribution in [0.25, 0.3) is 0 Å². The molecule has 2 amide bonds. The van der Waals surface area contributed by atoms with Crippen LogP contribution in [0.1, 0.15) is 36.7 Å². The third-order valence-corrected chi connectivity index (χ3v) is 3.84. The molecule has 0 bridgehead atoms. The Hall–Kier alpha value is -2.70. The minimum Gasteiger partial charge on any atom is -0.369 e. The van der Waals surface area contributed by atoms with Crippen LogP contribution >= 0.6 is 0 Å². The number of primary amides is 1. The summed E-state index contributed by atoms with van der Waals surface area (Å²) >= 11 is 0. The normalized spacial score (nSPS) is 12.6. The zero-order valence-electron chi connectivity index (χ0n) is 14.6. The summed E-state index contributed by atoms with van der Waals surface area (Å²) in [5.74, 6) is -1.76. The van der Waals surface area contributed by atoms with Crippen molar-refractivity contribution in [1.29, 1.82) is 0 Å². The Morgan fingerprint density at radius 1 is 1.28 bits per heavy atom. The fourth-order valence-electron chi connectivity index (χ4n) is 2.30. The number of carbonyl (C=O) groups is 2. The lowest BCUT2D eigenvalue weighted by molar-refractivity contribution is -0.121. The van der Waals surface area contributed by atoms with Crippen molar-refractivity contribution in [2.75, 3.05) is 6.54 Å². The highest BCUT2D eigenvalue weighted by Gasteiger charge is 2.20. The van der Waals surface area contributed by atoms with Gasteiger partial charge in [0.2, 0.25) is 5.91 Å². The third-order valence-electron chi connectivity index (χ3n) is 3.84. The average Bonchev–Trinajstić information content (AvgIpc) is 3.03. The number of hydrogen-bond donors (Lipinski definition) is 2. The highest BCUT2D eigenvalue weighted by molar-refractivity contribution is 5.94. The van der Waals surface area contributed by atoms with Gasteiger partial charge in [0.25, 0.3) is 5.91 Å². The van der Waals surface area contributed by atoms with Gasteiger partial charge in [-0.1, -0.05) is 12.1 Å². The summed E-state index contributed by atoms with van der Waals surface area (Å²) in [7, 11) is 0. The fourth-order valence-corrected chi connectivity index (χ4v) is 2.30. The monoisotopic (exact) mass is 346 g/mol. The van der Waals surface area contributed by atoms with Crippen molar-refractivity contribution in [1.82, 2.24) is 15.1 Å². The zero-order chi connectivity index (χ0) is 18.6. The summed E-state index contributed by atoms with van der Waals surface area (Å²) in [6.45, 7) is 6.04. The SMILES string of the molecule is CC(C)(C)n1cc(C(=O)NCC(Cc2ccc(F)cc2)C(N)=O)cn1. The maximum Gasteiger partial charge on any atom is 0.254 e. The molecule has 1 heterocycles. The maximum atomic E-state index is 13.0. The van der Waals surface area contributed by atoms with Gasteiger partial charge in [-0.15, -0.1) is 0 Å². The number of nitrogens with zero attached hydrogens (tertiary/aromatic N) is 2. The molecule has 0 aliphatic heterocycles. The summed E-state index contributed by atoms with van der Waals surface area (Å²) < 4.78 is 14.7. The van der Waals surface area contributed by atoms with E-state index in [-0.39, 0.29) is 23.8 Å². The van der Waals surface area contributed by atoms with E-state index in [0.29, 0.717) is 12.0 Å². The highest BCUT2D eigenvalue weighted by atomic mass is 19.1. The van der Waals surface area contributed by atoms with Gasteiger partial charge in [-0.3, -0.25) is 14.3 Å². The highest BCUT2D eigenvalue weighted by Crippen LogP contribution is 2.13. The first-order valence-electron chi connectivity index (χ1n) is 8.04. The molecule has 0 spiro atoms. The first kappa shape index (κ1) is 18.6. The minimum absolute atomic E-state index is 0.103. The number of benzene rings is 1. The van der Waals surface area contributed by atoms with E-state index in [1.165, 1.54) is 18.3 Å². The van der Waals surface area contributed by atoms with Crippen LogP contribution < -0.4 is 11.1 Å². The van der Waals surface area contributed by atoms with Gasteiger partial charge in [0.1, 0.15) is 5.82 Å². The van der Waals surface area contributed by atoms with Gasteiger partial charge in [0.05, 0.1) is 23.2 Å². The second-order valence-electron chi connectivity index (χ2n) is 6.98. The van der Waals surface area contributed by atoms with E-state index in [2.05, 4.69) is 10.4 Å². The summed E-state index contributed by atoms with van der Waals surface area (Å²) in [6, 6.07) is 5.85. The van der Waals surface area contributed by atoms with Crippen molar-refractivity contribution in [2.45, 2.75) is 32.7 Å². The molecule has 6 nitrogen and oxygen atoms in total. The molecule has 1 atom stereocenters. The van der Waals surface area contributed by atoms with Crippen LogP contribution in [0.2, 0.25) is 0 Å². The molecule has 0 fully saturated rings. The van der Waals surface area contributed by atoms with E-state index in [9.17, 15) is 14.0 Å². The Kier molecular flexibility index (Phi) is 5.56. The van der Waals surface area contributed by atoms with E-state index >= 15 is 0 Å². The first-order valence-corrected chi connectivity index (χ1v) is 8.04. The lowest BCUT2D eigenvalue weighted by Crippen LogP contribution is -2.37. The van der Waals surface area contributed by atoms with Crippen molar-refractivity contribution in [3.63, 3.8) is 0 Å². The fraction of sp³-hybridized carbons (Fsp3) is 0.389. The average molecular weight is 346 g/mol. The van der Waals surface area contributed by atoms with Gasteiger partial charge in [-0.05, 0) is 44.9 Å². The molecule has 3 N–H and O–H groups in total. The number of halogens is 1. The topological polar surface area (TPSA) is 90.0 Å². The van der Waals surface area contributed by atoms with Crippen molar-refractivity contribution in [3.8, 4) is 0 Å². The molecule has 7 heteroatoms. The van der Waals surface area contributed by atoms with Gasteiger partial charge in [0.15, 0.2) is 0 Å². The summed E-state index contributed by atoms with van der Waals surface area (Å²) in [5, 5.41) is 6.89.